The van der Waals surface area contributed by atoms with Gasteiger partial charge in [0.1, 0.15) is 0 Å². The molecule has 0 bridgehead atoms. The lowest BCUT2D eigenvalue weighted by molar-refractivity contribution is -0.137. The van der Waals surface area contributed by atoms with Crippen LogP contribution in [-0.4, -0.2) is 65.5 Å². The highest BCUT2D eigenvalue weighted by atomic mass is 19.4. The largest absolute Gasteiger partial charge is 0.416 e. The van der Waals surface area contributed by atoms with E-state index in [-0.39, 0.29) is 0 Å². The van der Waals surface area contributed by atoms with Crippen LogP contribution in [0.5, 0.6) is 0 Å². The Morgan fingerprint density at radius 1 is 1.10 bits per heavy atom. The van der Waals surface area contributed by atoms with E-state index in [0.29, 0.717) is 29.2 Å². The Kier molecular flexibility index (Phi) is 6.19. The molecule has 2 saturated heterocycles. The maximum Gasteiger partial charge on any atom is 0.416 e. The number of anilines is 1. The molecule has 3 heterocycles. The van der Waals surface area contributed by atoms with Crippen LogP contribution in [0.2, 0.25) is 0 Å². The lowest BCUT2D eigenvalue weighted by Gasteiger charge is -2.40. The molecule has 4 rings (SSSR count). The molecular formula is C21H26F3N5O. The average Bonchev–Trinajstić information content (AvgIpc) is 2.79. The van der Waals surface area contributed by atoms with Crippen molar-refractivity contribution in [3.05, 3.63) is 36.0 Å². The second-order valence-corrected chi connectivity index (χ2v) is 7.93. The van der Waals surface area contributed by atoms with Gasteiger partial charge in [-0.15, -0.1) is 5.10 Å². The highest BCUT2D eigenvalue weighted by molar-refractivity contribution is 5.60. The monoisotopic (exact) mass is 421 g/mol. The number of benzene rings is 1. The van der Waals surface area contributed by atoms with E-state index in [1.165, 1.54) is 12.3 Å². The van der Waals surface area contributed by atoms with Crippen LogP contribution in [0.4, 0.5) is 19.1 Å². The van der Waals surface area contributed by atoms with Gasteiger partial charge < -0.3 is 9.64 Å². The Balaban J connectivity index is 1.43. The van der Waals surface area contributed by atoms with E-state index in [0.717, 1.165) is 64.4 Å². The van der Waals surface area contributed by atoms with Crippen molar-refractivity contribution in [2.75, 3.05) is 44.3 Å². The van der Waals surface area contributed by atoms with Crippen molar-refractivity contribution in [3.8, 4) is 11.3 Å². The number of hydrogen-bond acceptors (Lipinski definition) is 6. The van der Waals surface area contributed by atoms with Crippen LogP contribution in [0.3, 0.4) is 0 Å². The topological polar surface area (TPSA) is 54.4 Å². The zero-order valence-electron chi connectivity index (χ0n) is 17.0. The Morgan fingerprint density at radius 3 is 2.53 bits per heavy atom. The molecule has 0 spiro atoms. The molecule has 1 atom stereocenters. The minimum atomic E-state index is -4.39. The predicted molar refractivity (Wildman–Crippen MR) is 107 cm³/mol. The fraction of sp³-hybridized carbons (Fsp3) is 0.571. The zero-order chi connectivity index (χ0) is 21.1. The maximum absolute atomic E-state index is 13.0. The van der Waals surface area contributed by atoms with Crippen molar-refractivity contribution in [3.63, 3.8) is 0 Å². The lowest BCUT2D eigenvalue weighted by Crippen LogP contribution is -2.48. The highest BCUT2D eigenvalue weighted by Crippen LogP contribution is 2.32. The van der Waals surface area contributed by atoms with E-state index in [2.05, 4.69) is 31.9 Å². The Hall–Kier alpha value is -2.26. The summed E-state index contributed by atoms with van der Waals surface area (Å²) in [7, 11) is 0. The molecule has 162 valence electrons. The van der Waals surface area contributed by atoms with E-state index < -0.39 is 11.7 Å². The van der Waals surface area contributed by atoms with Gasteiger partial charge in [0, 0.05) is 37.8 Å². The molecule has 2 fully saturated rings. The first-order chi connectivity index (χ1) is 14.4. The molecule has 2 aromatic rings. The number of hydrogen-bond donors (Lipinski definition) is 0. The van der Waals surface area contributed by atoms with Gasteiger partial charge in [0.05, 0.1) is 30.7 Å². The molecule has 30 heavy (non-hydrogen) atoms. The number of ether oxygens (including phenoxy) is 1. The first kappa shape index (κ1) is 21.0. The average molecular weight is 421 g/mol. The van der Waals surface area contributed by atoms with Crippen molar-refractivity contribution >= 4 is 5.95 Å². The number of rotatable bonds is 4. The van der Waals surface area contributed by atoms with Crippen LogP contribution in [0.15, 0.2) is 30.5 Å². The van der Waals surface area contributed by atoms with Crippen LogP contribution in [-0.2, 0) is 10.9 Å². The van der Waals surface area contributed by atoms with Crippen LogP contribution in [0, 0.1) is 5.92 Å². The molecule has 2 aliphatic rings. The van der Waals surface area contributed by atoms with Crippen molar-refractivity contribution in [1.29, 1.82) is 0 Å². The van der Waals surface area contributed by atoms with Crippen LogP contribution < -0.4 is 4.90 Å². The van der Waals surface area contributed by atoms with Gasteiger partial charge in [0.25, 0.3) is 0 Å². The summed E-state index contributed by atoms with van der Waals surface area (Å²) in [6.45, 7) is 7.47. The van der Waals surface area contributed by atoms with E-state index in [9.17, 15) is 13.2 Å². The zero-order valence-corrected chi connectivity index (χ0v) is 17.0. The van der Waals surface area contributed by atoms with Crippen LogP contribution in [0.25, 0.3) is 11.3 Å². The minimum absolute atomic E-state index is 0.386. The summed E-state index contributed by atoms with van der Waals surface area (Å²) in [5.74, 6) is 1.07. The van der Waals surface area contributed by atoms with Crippen molar-refractivity contribution < 1.29 is 17.9 Å². The Bertz CT molecular complexity index is 849. The first-order valence-corrected chi connectivity index (χ1v) is 10.4. The number of morpholine rings is 1. The second-order valence-electron chi connectivity index (χ2n) is 7.93. The van der Waals surface area contributed by atoms with Gasteiger partial charge in [-0.05, 0) is 37.8 Å². The fourth-order valence-corrected chi connectivity index (χ4v) is 4.29. The molecule has 1 unspecified atom stereocenters. The van der Waals surface area contributed by atoms with Crippen molar-refractivity contribution in [2.24, 2.45) is 5.92 Å². The third-order valence-electron chi connectivity index (χ3n) is 6.16. The lowest BCUT2D eigenvalue weighted by atomic mass is 9.89. The number of piperidine rings is 1. The summed E-state index contributed by atoms with van der Waals surface area (Å²) in [5, 5.41) is 8.13. The standard InChI is InChI=1S/C21H26F3N5O/c1-15(28-9-11-30-12-10-28)16-5-7-29(8-6-16)20-26-19(14-25-27-20)17-3-2-4-18(13-17)21(22,23)24/h2-4,13-16H,5-12H2,1H3. The molecule has 0 amide bonds. The van der Waals surface area contributed by atoms with Crippen LogP contribution in [0.1, 0.15) is 25.3 Å². The smallest absolute Gasteiger partial charge is 0.379 e. The van der Waals surface area contributed by atoms with E-state index in [4.69, 9.17) is 4.74 Å². The molecule has 0 aliphatic carbocycles. The van der Waals surface area contributed by atoms with Crippen molar-refractivity contribution in [2.45, 2.75) is 32.0 Å². The fourth-order valence-electron chi connectivity index (χ4n) is 4.29. The maximum atomic E-state index is 13.0. The van der Waals surface area contributed by atoms with Gasteiger partial charge >= 0.3 is 6.18 Å². The normalized spacial score (nSPS) is 20.3. The van der Waals surface area contributed by atoms with Crippen LogP contribution >= 0.6 is 0 Å². The highest BCUT2D eigenvalue weighted by Gasteiger charge is 2.31. The first-order valence-electron chi connectivity index (χ1n) is 10.4. The molecule has 0 radical (unpaired) electrons. The Morgan fingerprint density at radius 2 is 1.83 bits per heavy atom. The Labute approximate surface area is 174 Å². The van der Waals surface area contributed by atoms with E-state index >= 15 is 0 Å². The van der Waals surface area contributed by atoms with Gasteiger partial charge in [0.2, 0.25) is 5.95 Å². The second kappa shape index (κ2) is 8.85. The summed E-state index contributed by atoms with van der Waals surface area (Å²) >= 11 is 0. The predicted octanol–water partition coefficient (Wildman–Crippen LogP) is 3.49. The molecule has 0 N–H and O–H groups in total. The number of halogens is 3. The molecular weight excluding hydrogens is 395 g/mol. The van der Waals surface area contributed by atoms with E-state index in [1.54, 1.807) is 6.07 Å². The summed E-state index contributed by atoms with van der Waals surface area (Å²) in [4.78, 5) is 9.08. The third kappa shape index (κ3) is 4.73. The molecule has 9 heteroatoms. The van der Waals surface area contributed by atoms with Gasteiger partial charge in [-0.1, -0.05) is 12.1 Å². The van der Waals surface area contributed by atoms with Gasteiger partial charge in [-0.3, -0.25) is 4.90 Å². The number of aromatic nitrogens is 3. The van der Waals surface area contributed by atoms with E-state index in [1.807, 2.05) is 0 Å². The van der Waals surface area contributed by atoms with Crippen molar-refractivity contribution in [1.82, 2.24) is 20.1 Å². The third-order valence-corrected chi connectivity index (χ3v) is 6.16. The quantitative estimate of drug-likeness (QED) is 0.753. The van der Waals surface area contributed by atoms with Gasteiger partial charge in [0.15, 0.2) is 0 Å². The molecule has 1 aromatic carbocycles. The molecule has 6 nitrogen and oxygen atoms in total. The van der Waals surface area contributed by atoms with Gasteiger partial charge in [-0.2, -0.15) is 18.3 Å². The SMILES string of the molecule is CC(C1CCN(c2nncc(-c3cccc(C(F)(F)F)c3)n2)CC1)N1CCOCC1. The molecule has 0 saturated carbocycles. The summed E-state index contributed by atoms with van der Waals surface area (Å²) < 4.78 is 44.5. The molecule has 1 aromatic heterocycles. The summed E-state index contributed by atoms with van der Waals surface area (Å²) in [6.07, 6.45) is -0.935. The summed E-state index contributed by atoms with van der Waals surface area (Å²) in [5.41, 5.74) is 0.0878. The number of nitrogens with zero attached hydrogens (tertiary/aromatic N) is 5. The summed E-state index contributed by atoms with van der Waals surface area (Å²) in [6, 6.07) is 5.66. The molecule has 2 aliphatic heterocycles. The number of alkyl halides is 3. The minimum Gasteiger partial charge on any atom is -0.379 e. The van der Waals surface area contributed by atoms with Gasteiger partial charge in [-0.25, -0.2) is 4.98 Å².